The van der Waals surface area contributed by atoms with Crippen LogP contribution in [-0.4, -0.2) is 39.3 Å². The van der Waals surface area contributed by atoms with Crippen molar-refractivity contribution in [3.8, 4) is 0 Å². The average molecular weight is 242 g/mol. The quantitative estimate of drug-likeness (QED) is 0.779. The summed E-state index contributed by atoms with van der Waals surface area (Å²) in [5.74, 6) is 2.71. The van der Waals surface area contributed by atoms with Crippen LogP contribution in [0.4, 0.5) is 11.8 Å². The molecule has 1 aromatic heterocycles. The van der Waals surface area contributed by atoms with Crippen LogP contribution in [0.5, 0.6) is 0 Å². The van der Waals surface area contributed by atoms with Gasteiger partial charge in [-0.2, -0.15) is 4.98 Å². The van der Waals surface area contributed by atoms with E-state index in [1.807, 2.05) is 19.9 Å². The lowest BCUT2D eigenvalue weighted by molar-refractivity contribution is 0.684. The monoisotopic (exact) mass is 242 g/mol. The normalized spacial score (nSPS) is 12.2. The van der Waals surface area contributed by atoms with Crippen LogP contribution in [0.3, 0.4) is 0 Å². The summed E-state index contributed by atoms with van der Waals surface area (Å²) in [5.41, 5.74) is 0.901. The van der Waals surface area contributed by atoms with Crippen LogP contribution in [0.1, 0.15) is 12.6 Å². The molecule has 0 saturated heterocycles. The van der Waals surface area contributed by atoms with Crippen LogP contribution in [0, 0.1) is 6.92 Å². The van der Waals surface area contributed by atoms with Crippen LogP contribution >= 0.6 is 0 Å². The summed E-state index contributed by atoms with van der Waals surface area (Å²) in [6.45, 7) is 4.50. The van der Waals surface area contributed by atoms with Crippen molar-refractivity contribution >= 4 is 22.6 Å². The standard InChI is InChI=1S/C10H18N4OS/c1-4-16(15)6-5-12-9-7-8(2)13-10(11-3)14-9/h7H,4-6H2,1-3H3,(H2,11,12,13,14). The second-order valence-corrected chi connectivity index (χ2v) is 5.19. The topological polar surface area (TPSA) is 66.9 Å². The van der Waals surface area contributed by atoms with Crippen molar-refractivity contribution in [3.63, 3.8) is 0 Å². The van der Waals surface area contributed by atoms with Gasteiger partial charge in [-0.1, -0.05) is 6.92 Å². The molecule has 1 atom stereocenters. The van der Waals surface area contributed by atoms with Crippen molar-refractivity contribution in [2.75, 3.05) is 35.7 Å². The summed E-state index contributed by atoms with van der Waals surface area (Å²) in [4.78, 5) is 8.43. The van der Waals surface area contributed by atoms with Crippen molar-refractivity contribution in [1.29, 1.82) is 0 Å². The number of nitrogens with zero attached hydrogens (tertiary/aromatic N) is 2. The molecular weight excluding hydrogens is 224 g/mol. The molecule has 1 aromatic rings. The molecule has 1 rings (SSSR count). The Morgan fingerprint density at radius 2 is 2.19 bits per heavy atom. The maximum absolute atomic E-state index is 11.2. The number of hydrogen-bond acceptors (Lipinski definition) is 5. The largest absolute Gasteiger partial charge is 0.369 e. The molecule has 0 aliphatic rings. The summed E-state index contributed by atoms with van der Waals surface area (Å²) in [6.07, 6.45) is 0. The molecule has 90 valence electrons. The number of aryl methyl sites for hydroxylation is 1. The molecule has 0 saturated carbocycles. The lowest BCUT2D eigenvalue weighted by atomic mass is 10.4. The minimum atomic E-state index is -0.735. The van der Waals surface area contributed by atoms with Crippen LogP contribution in [0.15, 0.2) is 6.07 Å². The molecule has 5 nitrogen and oxygen atoms in total. The Labute approximate surface area is 98.5 Å². The van der Waals surface area contributed by atoms with Gasteiger partial charge in [-0.15, -0.1) is 0 Å². The third-order valence-electron chi connectivity index (χ3n) is 2.04. The van der Waals surface area contributed by atoms with Crippen LogP contribution < -0.4 is 10.6 Å². The molecule has 0 spiro atoms. The summed E-state index contributed by atoms with van der Waals surface area (Å²) < 4.78 is 11.2. The molecule has 0 fully saturated rings. The highest BCUT2D eigenvalue weighted by Gasteiger charge is 2.01. The van der Waals surface area contributed by atoms with E-state index in [2.05, 4.69) is 20.6 Å². The van der Waals surface area contributed by atoms with Gasteiger partial charge in [0.2, 0.25) is 5.95 Å². The molecule has 0 aromatic carbocycles. The van der Waals surface area contributed by atoms with E-state index in [0.29, 0.717) is 24.0 Å². The summed E-state index contributed by atoms with van der Waals surface area (Å²) in [6, 6.07) is 1.87. The number of aromatic nitrogens is 2. The van der Waals surface area contributed by atoms with E-state index in [-0.39, 0.29) is 0 Å². The Balaban J connectivity index is 2.53. The molecule has 1 heterocycles. The molecule has 16 heavy (non-hydrogen) atoms. The molecule has 2 N–H and O–H groups in total. The fourth-order valence-electron chi connectivity index (χ4n) is 1.21. The Morgan fingerprint density at radius 1 is 1.44 bits per heavy atom. The first-order chi connectivity index (χ1) is 7.65. The molecular formula is C10H18N4OS. The van der Waals surface area contributed by atoms with E-state index in [1.165, 1.54) is 0 Å². The smallest absolute Gasteiger partial charge is 0.224 e. The lowest BCUT2D eigenvalue weighted by Crippen LogP contribution is -2.13. The van der Waals surface area contributed by atoms with E-state index in [9.17, 15) is 4.21 Å². The zero-order valence-corrected chi connectivity index (χ0v) is 10.7. The van der Waals surface area contributed by atoms with Gasteiger partial charge >= 0.3 is 0 Å². The van der Waals surface area contributed by atoms with Gasteiger partial charge in [0.1, 0.15) is 5.82 Å². The van der Waals surface area contributed by atoms with Gasteiger partial charge < -0.3 is 10.6 Å². The first kappa shape index (κ1) is 12.9. The Morgan fingerprint density at radius 3 is 2.81 bits per heavy atom. The zero-order chi connectivity index (χ0) is 12.0. The van der Waals surface area contributed by atoms with Gasteiger partial charge in [0, 0.05) is 47.7 Å². The predicted octanol–water partition coefficient (Wildman–Crippen LogP) is 1.01. The van der Waals surface area contributed by atoms with Gasteiger partial charge in [0.15, 0.2) is 0 Å². The summed E-state index contributed by atoms with van der Waals surface area (Å²) >= 11 is 0. The third kappa shape index (κ3) is 4.14. The fourth-order valence-corrected chi connectivity index (χ4v) is 1.83. The van der Waals surface area contributed by atoms with Gasteiger partial charge in [-0.05, 0) is 6.92 Å². The molecule has 1 unspecified atom stereocenters. The molecule has 6 heteroatoms. The SMILES string of the molecule is CCS(=O)CCNc1cc(C)nc(NC)n1. The Hall–Kier alpha value is -1.17. The Bertz CT molecular complexity index is 370. The van der Waals surface area contributed by atoms with Crippen molar-refractivity contribution < 1.29 is 4.21 Å². The maximum Gasteiger partial charge on any atom is 0.224 e. The summed E-state index contributed by atoms with van der Waals surface area (Å²) in [5, 5.41) is 6.04. The van der Waals surface area contributed by atoms with E-state index in [0.717, 1.165) is 11.5 Å². The van der Waals surface area contributed by atoms with Crippen LogP contribution in [-0.2, 0) is 10.8 Å². The molecule has 0 aliphatic carbocycles. The van der Waals surface area contributed by atoms with E-state index < -0.39 is 10.8 Å². The minimum Gasteiger partial charge on any atom is -0.369 e. The number of hydrogen-bond donors (Lipinski definition) is 2. The molecule has 0 aliphatic heterocycles. The van der Waals surface area contributed by atoms with Crippen LogP contribution in [0.2, 0.25) is 0 Å². The fraction of sp³-hybridized carbons (Fsp3) is 0.600. The van der Waals surface area contributed by atoms with E-state index in [4.69, 9.17) is 0 Å². The third-order valence-corrected chi connectivity index (χ3v) is 3.34. The summed E-state index contributed by atoms with van der Waals surface area (Å²) in [7, 11) is 1.05. The Kier molecular flexibility index (Phi) is 5.18. The number of rotatable bonds is 6. The highest BCUT2D eigenvalue weighted by Crippen LogP contribution is 2.08. The first-order valence-electron chi connectivity index (χ1n) is 5.28. The molecule has 0 bridgehead atoms. The second-order valence-electron chi connectivity index (χ2n) is 3.33. The maximum atomic E-state index is 11.2. The van der Waals surface area contributed by atoms with Gasteiger partial charge in [0.05, 0.1) is 0 Å². The van der Waals surface area contributed by atoms with Crippen molar-refractivity contribution in [2.45, 2.75) is 13.8 Å². The first-order valence-corrected chi connectivity index (χ1v) is 6.76. The van der Waals surface area contributed by atoms with Crippen molar-refractivity contribution in [1.82, 2.24) is 9.97 Å². The van der Waals surface area contributed by atoms with Crippen LogP contribution in [0.25, 0.3) is 0 Å². The zero-order valence-electron chi connectivity index (χ0n) is 9.91. The average Bonchev–Trinajstić information content (AvgIpc) is 2.28. The van der Waals surface area contributed by atoms with Gasteiger partial charge in [-0.25, -0.2) is 4.98 Å². The van der Waals surface area contributed by atoms with Gasteiger partial charge in [-0.3, -0.25) is 4.21 Å². The molecule has 0 radical (unpaired) electrons. The van der Waals surface area contributed by atoms with Gasteiger partial charge in [0.25, 0.3) is 0 Å². The predicted molar refractivity (Wildman–Crippen MR) is 68.4 cm³/mol. The second kappa shape index (κ2) is 6.42. The molecule has 0 amide bonds. The highest BCUT2D eigenvalue weighted by molar-refractivity contribution is 7.84. The van der Waals surface area contributed by atoms with E-state index in [1.54, 1.807) is 7.05 Å². The van der Waals surface area contributed by atoms with Crippen molar-refractivity contribution in [3.05, 3.63) is 11.8 Å². The van der Waals surface area contributed by atoms with E-state index >= 15 is 0 Å². The minimum absolute atomic E-state index is 0.596. The lowest BCUT2D eigenvalue weighted by Gasteiger charge is -2.07. The number of nitrogens with one attached hydrogen (secondary N) is 2. The highest BCUT2D eigenvalue weighted by atomic mass is 32.2. The van der Waals surface area contributed by atoms with Crippen molar-refractivity contribution in [2.24, 2.45) is 0 Å². The number of anilines is 2.